The second-order valence-electron chi connectivity index (χ2n) is 6.50. The molecule has 1 aromatic heterocycles. The lowest BCUT2D eigenvalue weighted by atomic mass is 10.1. The van der Waals surface area contributed by atoms with E-state index in [0.29, 0.717) is 16.8 Å². The van der Waals surface area contributed by atoms with Crippen molar-refractivity contribution in [2.24, 2.45) is 0 Å². The molecule has 4 rings (SSSR count). The zero-order valence-electron chi connectivity index (χ0n) is 15.6. The quantitative estimate of drug-likeness (QED) is 0.372. The average Bonchev–Trinajstić information content (AvgIpc) is 2.95. The van der Waals surface area contributed by atoms with Gasteiger partial charge < -0.3 is 9.47 Å². The first kappa shape index (κ1) is 18.9. The minimum Gasteiger partial charge on any atom is -0.497 e. The first-order valence-electron chi connectivity index (χ1n) is 8.66. The van der Waals surface area contributed by atoms with Gasteiger partial charge in [-0.25, -0.2) is 9.78 Å². The number of hydrogen-bond donors (Lipinski definition) is 0. The number of amides is 2. The second-order valence-corrected chi connectivity index (χ2v) is 6.86. The number of fused-ring (bicyclic) bond motifs is 2. The van der Waals surface area contributed by atoms with Crippen LogP contribution in [-0.4, -0.2) is 41.8 Å². The lowest BCUT2D eigenvalue weighted by molar-refractivity contribution is 0.0472. The van der Waals surface area contributed by atoms with E-state index in [4.69, 9.17) is 21.1 Å². The number of esters is 1. The van der Waals surface area contributed by atoms with E-state index in [1.807, 2.05) is 6.07 Å². The zero-order chi connectivity index (χ0) is 20.7. The van der Waals surface area contributed by atoms with Crippen LogP contribution in [-0.2, 0) is 11.3 Å². The predicted molar refractivity (Wildman–Crippen MR) is 105 cm³/mol. The van der Waals surface area contributed by atoms with Gasteiger partial charge in [-0.3, -0.25) is 14.5 Å². The highest BCUT2D eigenvalue weighted by Gasteiger charge is 2.33. The molecule has 1 aliphatic heterocycles. The molecule has 0 atom stereocenters. The lowest BCUT2D eigenvalue weighted by Gasteiger charge is -2.09. The van der Waals surface area contributed by atoms with E-state index in [0.717, 1.165) is 10.3 Å². The third-order valence-corrected chi connectivity index (χ3v) is 5.06. The molecule has 2 aromatic carbocycles. The Balaban J connectivity index is 1.54. The highest BCUT2D eigenvalue weighted by Crippen LogP contribution is 2.26. The molecular weight excluding hydrogens is 396 g/mol. The van der Waals surface area contributed by atoms with Crippen LogP contribution in [0.3, 0.4) is 0 Å². The van der Waals surface area contributed by atoms with Gasteiger partial charge in [0, 0.05) is 24.1 Å². The fraction of sp³-hybridized carbons (Fsp3) is 0.143. The van der Waals surface area contributed by atoms with Crippen LogP contribution in [0, 0.1) is 0 Å². The van der Waals surface area contributed by atoms with Gasteiger partial charge in [-0.15, -0.1) is 0 Å². The number of imide groups is 1. The van der Waals surface area contributed by atoms with Crippen molar-refractivity contribution < 1.29 is 23.9 Å². The van der Waals surface area contributed by atoms with Gasteiger partial charge in [0.1, 0.15) is 17.5 Å². The smallest absolute Gasteiger partial charge is 0.338 e. The Morgan fingerprint density at radius 3 is 2.59 bits per heavy atom. The second kappa shape index (κ2) is 7.18. The maximum atomic E-state index is 12.4. The third kappa shape index (κ3) is 3.30. The number of halogens is 1. The van der Waals surface area contributed by atoms with E-state index in [2.05, 4.69) is 4.98 Å². The number of aromatic nitrogens is 1. The maximum absolute atomic E-state index is 12.4. The summed E-state index contributed by atoms with van der Waals surface area (Å²) < 4.78 is 10.5. The van der Waals surface area contributed by atoms with Crippen molar-refractivity contribution in [2.45, 2.75) is 6.61 Å². The molecule has 0 fully saturated rings. The Hall–Kier alpha value is -3.45. The summed E-state index contributed by atoms with van der Waals surface area (Å²) in [6, 6.07) is 11.5. The van der Waals surface area contributed by atoms with Crippen molar-refractivity contribution in [1.29, 1.82) is 0 Å². The summed E-state index contributed by atoms with van der Waals surface area (Å²) in [6.45, 7) is -0.0868. The normalized spacial score (nSPS) is 13.0. The van der Waals surface area contributed by atoms with Crippen LogP contribution in [0.15, 0.2) is 42.5 Å². The van der Waals surface area contributed by atoms with Crippen LogP contribution in [0.4, 0.5) is 0 Å². The van der Waals surface area contributed by atoms with Crippen molar-refractivity contribution in [3.05, 3.63) is 69.9 Å². The van der Waals surface area contributed by atoms with Crippen molar-refractivity contribution in [3.63, 3.8) is 0 Å². The summed E-state index contributed by atoms with van der Waals surface area (Å²) in [4.78, 5) is 41.8. The van der Waals surface area contributed by atoms with Gasteiger partial charge in [0.2, 0.25) is 0 Å². The van der Waals surface area contributed by atoms with Gasteiger partial charge in [-0.1, -0.05) is 11.6 Å². The first-order valence-corrected chi connectivity index (χ1v) is 9.03. The molecule has 0 radical (unpaired) electrons. The molecule has 0 aliphatic carbocycles. The number of methoxy groups -OCH3 is 1. The van der Waals surface area contributed by atoms with Crippen LogP contribution in [0.1, 0.15) is 36.6 Å². The van der Waals surface area contributed by atoms with Crippen LogP contribution in [0.5, 0.6) is 5.75 Å². The standard InChI is InChI=1S/C21H15ClN2O5/c1-24-19(25)15-6-4-12(8-16(15)20(24)26)21(27)29-10-13-7-11-3-5-14(28-2)9-17(11)23-18(13)22/h3-9H,10H2,1-2H3. The van der Waals surface area contributed by atoms with E-state index in [9.17, 15) is 14.4 Å². The van der Waals surface area contributed by atoms with Crippen LogP contribution >= 0.6 is 11.6 Å². The Labute approximate surface area is 170 Å². The van der Waals surface area contributed by atoms with Crippen LogP contribution < -0.4 is 4.74 Å². The zero-order valence-corrected chi connectivity index (χ0v) is 16.3. The number of ether oxygens (including phenoxy) is 2. The Bertz CT molecular complexity index is 1190. The summed E-state index contributed by atoms with van der Waals surface area (Å²) >= 11 is 6.23. The largest absolute Gasteiger partial charge is 0.497 e. The minimum atomic E-state index is -0.631. The number of hydrogen-bond acceptors (Lipinski definition) is 6. The maximum Gasteiger partial charge on any atom is 0.338 e. The van der Waals surface area contributed by atoms with Crippen LogP contribution in [0.25, 0.3) is 10.9 Å². The lowest BCUT2D eigenvalue weighted by Crippen LogP contribution is -2.24. The topological polar surface area (TPSA) is 85.8 Å². The van der Waals surface area contributed by atoms with Gasteiger partial charge in [0.25, 0.3) is 11.8 Å². The highest BCUT2D eigenvalue weighted by molar-refractivity contribution is 6.30. The minimum absolute atomic E-state index is 0.0868. The third-order valence-electron chi connectivity index (χ3n) is 4.74. The van der Waals surface area contributed by atoms with E-state index < -0.39 is 17.8 Å². The van der Waals surface area contributed by atoms with Gasteiger partial charge in [-0.2, -0.15) is 0 Å². The van der Waals surface area contributed by atoms with Crippen molar-refractivity contribution in [1.82, 2.24) is 9.88 Å². The Morgan fingerprint density at radius 1 is 1.07 bits per heavy atom. The van der Waals surface area contributed by atoms with Gasteiger partial charge in [-0.05, 0) is 36.4 Å². The summed E-state index contributed by atoms with van der Waals surface area (Å²) in [6.07, 6.45) is 0. The van der Waals surface area contributed by atoms with E-state index >= 15 is 0 Å². The van der Waals surface area contributed by atoms with Crippen molar-refractivity contribution in [2.75, 3.05) is 14.2 Å². The molecule has 29 heavy (non-hydrogen) atoms. The monoisotopic (exact) mass is 410 g/mol. The number of pyridine rings is 1. The summed E-state index contributed by atoms with van der Waals surface area (Å²) in [7, 11) is 2.96. The van der Waals surface area contributed by atoms with Gasteiger partial charge in [0.05, 0.1) is 29.3 Å². The molecule has 8 heteroatoms. The molecular formula is C21H15ClN2O5. The molecule has 0 saturated heterocycles. The summed E-state index contributed by atoms with van der Waals surface area (Å²) in [5.41, 5.74) is 1.84. The molecule has 0 N–H and O–H groups in total. The summed E-state index contributed by atoms with van der Waals surface area (Å²) in [5.74, 6) is -0.809. The average molecular weight is 411 g/mol. The highest BCUT2D eigenvalue weighted by atomic mass is 35.5. The fourth-order valence-corrected chi connectivity index (χ4v) is 3.31. The predicted octanol–water partition coefficient (Wildman–Crippen LogP) is 3.48. The molecule has 0 bridgehead atoms. The molecule has 1 aliphatic rings. The first-order chi connectivity index (χ1) is 13.9. The molecule has 0 saturated carbocycles. The van der Waals surface area contributed by atoms with E-state index in [-0.39, 0.29) is 28.5 Å². The van der Waals surface area contributed by atoms with Crippen molar-refractivity contribution >= 4 is 40.3 Å². The van der Waals surface area contributed by atoms with E-state index in [1.54, 1.807) is 25.3 Å². The Kier molecular flexibility index (Phi) is 4.68. The SMILES string of the molecule is COc1ccc2cc(COC(=O)c3ccc4c(c3)C(=O)N(C)C4=O)c(Cl)nc2c1. The van der Waals surface area contributed by atoms with Gasteiger partial charge in [0.15, 0.2) is 0 Å². The number of carbonyl (C=O) groups is 3. The number of nitrogens with zero attached hydrogens (tertiary/aromatic N) is 2. The summed E-state index contributed by atoms with van der Waals surface area (Å²) in [5, 5.41) is 1.04. The molecule has 146 valence electrons. The number of rotatable bonds is 4. The van der Waals surface area contributed by atoms with E-state index in [1.165, 1.54) is 25.2 Å². The number of benzene rings is 2. The number of carbonyl (C=O) groups excluding carboxylic acids is 3. The van der Waals surface area contributed by atoms with Crippen molar-refractivity contribution in [3.8, 4) is 5.75 Å². The molecule has 0 unspecified atom stereocenters. The Morgan fingerprint density at radius 2 is 1.83 bits per heavy atom. The molecule has 0 spiro atoms. The molecule has 2 heterocycles. The molecule has 2 amide bonds. The molecule has 7 nitrogen and oxygen atoms in total. The van der Waals surface area contributed by atoms with Gasteiger partial charge >= 0.3 is 5.97 Å². The fourth-order valence-electron chi connectivity index (χ4n) is 3.11. The van der Waals surface area contributed by atoms with Crippen LogP contribution in [0.2, 0.25) is 5.15 Å². The molecule has 3 aromatic rings.